The highest BCUT2D eigenvalue weighted by molar-refractivity contribution is 8.00. The Hall–Kier alpha value is -0.750. The van der Waals surface area contributed by atoms with Crippen LogP contribution in [0.2, 0.25) is 0 Å². The Labute approximate surface area is 142 Å². The number of nitrogens with one attached hydrogen (secondary N) is 2. The molecule has 1 aliphatic heterocycles. The maximum absolute atomic E-state index is 4.70. The van der Waals surface area contributed by atoms with Crippen LogP contribution in [0.1, 0.15) is 51.2 Å². The molecule has 0 aromatic carbocycles. The number of aliphatic imine (C=N–C) groups is 1. The summed E-state index contributed by atoms with van der Waals surface area (Å²) in [6, 6.07) is 0. The molecule has 124 valence electrons. The van der Waals surface area contributed by atoms with E-state index in [1.54, 1.807) is 11.3 Å². The maximum atomic E-state index is 4.70. The molecule has 0 spiro atoms. The molecule has 2 N–H and O–H groups in total. The van der Waals surface area contributed by atoms with Crippen molar-refractivity contribution in [2.45, 2.75) is 57.7 Å². The molecule has 1 aliphatic rings. The molecule has 0 saturated carbocycles. The fraction of sp³-hybridized carbons (Fsp3) is 0.750. The van der Waals surface area contributed by atoms with Gasteiger partial charge in [0.05, 0.1) is 17.2 Å². The molecule has 1 aromatic rings. The van der Waals surface area contributed by atoms with E-state index in [1.165, 1.54) is 23.6 Å². The SMILES string of the molecule is CCNC(=NCc1csc(C(C)(C)C)n1)NCC1CCCS1. The summed E-state index contributed by atoms with van der Waals surface area (Å²) in [6.07, 6.45) is 2.66. The summed E-state index contributed by atoms with van der Waals surface area (Å²) in [7, 11) is 0. The highest BCUT2D eigenvalue weighted by Crippen LogP contribution is 2.26. The van der Waals surface area contributed by atoms with E-state index in [9.17, 15) is 0 Å². The maximum Gasteiger partial charge on any atom is 0.191 e. The van der Waals surface area contributed by atoms with Crippen LogP contribution >= 0.6 is 23.1 Å². The monoisotopic (exact) mass is 340 g/mol. The lowest BCUT2D eigenvalue weighted by atomic mass is 9.98. The zero-order valence-electron chi connectivity index (χ0n) is 14.1. The Bertz CT molecular complexity index is 485. The lowest BCUT2D eigenvalue weighted by Gasteiger charge is -2.14. The van der Waals surface area contributed by atoms with Crippen molar-refractivity contribution in [2.75, 3.05) is 18.8 Å². The fourth-order valence-electron chi connectivity index (χ4n) is 2.24. The Balaban J connectivity index is 1.89. The number of rotatable bonds is 5. The summed E-state index contributed by atoms with van der Waals surface area (Å²) >= 11 is 3.80. The van der Waals surface area contributed by atoms with E-state index in [1.807, 2.05) is 0 Å². The van der Waals surface area contributed by atoms with Crippen molar-refractivity contribution in [3.8, 4) is 0 Å². The molecule has 2 rings (SSSR count). The first-order valence-electron chi connectivity index (χ1n) is 8.07. The highest BCUT2D eigenvalue weighted by Gasteiger charge is 2.18. The average Bonchev–Trinajstić information content (AvgIpc) is 3.12. The summed E-state index contributed by atoms with van der Waals surface area (Å²) < 4.78 is 0. The van der Waals surface area contributed by atoms with Crippen LogP contribution < -0.4 is 10.6 Å². The summed E-state index contributed by atoms with van der Waals surface area (Å²) in [5, 5.41) is 10.8. The molecule has 1 fully saturated rings. The van der Waals surface area contributed by atoms with Crippen molar-refractivity contribution in [2.24, 2.45) is 4.99 Å². The third-order valence-electron chi connectivity index (χ3n) is 3.46. The minimum atomic E-state index is 0.120. The van der Waals surface area contributed by atoms with Crippen LogP contribution in [0.15, 0.2) is 10.4 Å². The molecule has 0 aliphatic carbocycles. The molecule has 2 heterocycles. The zero-order valence-corrected chi connectivity index (χ0v) is 15.7. The van der Waals surface area contributed by atoms with Gasteiger partial charge in [0.2, 0.25) is 0 Å². The van der Waals surface area contributed by atoms with Gasteiger partial charge >= 0.3 is 0 Å². The second-order valence-electron chi connectivity index (χ2n) is 6.61. The molecule has 22 heavy (non-hydrogen) atoms. The van der Waals surface area contributed by atoms with Crippen LogP contribution in [0, 0.1) is 0 Å². The minimum Gasteiger partial charge on any atom is -0.357 e. The van der Waals surface area contributed by atoms with E-state index in [2.05, 4.69) is 60.5 Å². The molecule has 4 nitrogen and oxygen atoms in total. The number of aromatic nitrogens is 1. The molecule has 0 amide bonds. The van der Waals surface area contributed by atoms with Gasteiger partial charge in [-0.3, -0.25) is 0 Å². The number of thiazole rings is 1. The van der Waals surface area contributed by atoms with E-state index < -0.39 is 0 Å². The molecule has 1 unspecified atom stereocenters. The van der Waals surface area contributed by atoms with Crippen molar-refractivity contribution in [1.29, 1.82) is 0 Å². The standard InChI is InChI=1S/C16H28N4S2/c1-5-17-15(19-10-13-7-6-8-21-13)18-9-12-11-22-14(20-12)16(2,3)4/h11,13H,5-10H2,1-4H3,(H2,17,18,19). The lowest BCUT2D eigenvalue weighted by molar-refractivity contribution is 0.583. The molecule has 1 saturated heterocycles. The van der Waals surface area contributed by atoms with Crippen LogP contribution in [0.4, 0.5) is 0 Å². The second-order valence-corrected chi connectivity index (χ2v) is 8.87. The Morgan fingerprint density at radius 1 is 1.41 bits per heavy atom. The van der Waals surface area contributed by atoms with E-state index in [0.29, 0.717) is 6.54 Å². The van der Waals surface area contributed by atoms with Crippen molar-refractivity contribution in [3.63, 3.8) is 0 Å². The van der Waals surface area contributed by atoms with Gasteiger partial charge in [-0.05, 0) is 25.5 Å². The molecule has 0 bridgehead atoms. The van der Waals surface area contributed by atoms with Gasteiger partial charge in [-0.2, -0.15) is 11.8 Å². The topological polar surface area (TPSA) is 49.3 Å². The van der Waals surface area contributed by atoms with E-state index >= 15 is 0 Å². The van der Waals surface area contributed by atoms with Crippen LogP contribution in [0.25, 0.3) is 0 Å². The van der Waals surface area contributed by atoms with Crippen molar-refractivity contribution in [3.05, 3.63) is 16.1 Å². The number of nitrogens with zero attached hydrogens (tertiary/aromatic N) is 2. The minimum absolute atomic E-state index is 0.120. The predicted octanol–water partition coefficient (Wildman–Crippen LogP) is 3.39. The molecule has 1 atom stereocenters. The first kappa shape index (κ1) is 17.6. The van der Waals surface area contributed by atoms with E-state index in [4.69, 9.17) is 4.98 Å². The molecule has 1 aromatic heterocycles. The number of thioether (sulfide) groups is 1. The lowest BCUT2D eigenvalue weighted by Crippen LogP contribution is -2.40. The van der Waals surface area contributed by atoms with Crippen LogP contribution in [-0.4, -0.2) is 35.0 Å². The smallest absolute Gasteiger partial charge is 0.191 e. The van der Waals surface area contributed by atoms with Crippen LogP contribution in [-0.2, 0) is 12.0 Å². The quantitative estimate of drug-likeness (QED) is 0.637. The zero-order chi connectivity index (χ0) is 16.0. The Morgan fingerprint density at radius 3 is 2.82 bits per heavy atom. The van der Waals surface area contributed by atoms with Gasteiger partial charge in [-0.15, -0.1) is 11.3 Å². The third-order valence-corrected chi connectivity index (χ3v) is 6.17. The second kappa shape index (κ2) is 8.20. The molecule has 6 heteroatoms. The normalized spacial score (nSPS) is 19.5. The molecular weight excluding hydrogens is 312 g/mol. The number of hydrogen-bond donors (Lipinski definition) is 2. The van der Waals surface area contributed by atoms with Crippen molar-refractivity contribution < 1.29 is 0 Å². The van der Waals surface area contributed by atoms with Crippen molar-refractivity contribution in [1.82, 2.24) is 15.6 Å². The van der Waals surface area contributed by atoms with Gasteiger partial charge in [0.25, 0.3) is 0 Å². The first-order chi connectivity index (χ1) is 10.5. The van der Waals surface area contributed by atoms with E-state index in [-0.39, 0.29) is 5.41 Å². The van der Waals surface area contributed by atoms with Gasteiger partial charge in [0, 0.05) is 29.1 Å². The number of hydrogen-bond acceptors (Lipinski definition) is 4. The Morgan fingerprint density at radius 2 is 2.23 bits per heavy atom. The summed E-state index contributed by atoms with van der Waals surface area (Å²) in [6.45, 7) is 11.2. The van der Waals surface area contributed by atoms with Crippen molar-refractivity contribution >= 4 is 29.1 Å². The number of guanidine groups is 1. The average molecular weight is 341 g/mol. The Kier molecular flexibility index (Phi) is 6.56. The van der Waals surface area contributed by atoms with E-state index in [0.717, 1.165) is 30.0 Å². The fourth-order valence-corrected chi connectivity index (χ4v) is 4.34. The van der Waals surface area contributed by atoms with Crippen LogP contribution in [0.3, 0.4) is 0 Å². The van der Waals surface area contributed by atoms with Gasteiger partial charge < -0.3 is 10.6 Å². The molecular formula is C16H28N4S2. The summed E-state index contributed by atoms with van der Waals surface area (Å²) in [4.78, 5) is 9.37. The predicted molar refractivity (Wildman–Crippen MR) is 99.1 cm³/mol. The molecule has 0 radical (unpaired) electrons. The van der Waals surface area contributed by atoms with Gasteiger partial charge in [0.1, 0.15) is 0 Å². The third kappa shape index (κ3) is 5.47. The highest BCUT2D eigenvalue weighted by atomic mass is 32.2. The van der Waals surface area contributed by atoms with Crippen LogP contribution in [0.5, 0.6) is 0 Å². The summed E-state index contributed by atoms with van der Waals surface area (Å²) in [5.41, 5.74) is 1.18. The van der Waals surface area contributed by atoms with Gasteiger partial charge in [-0.25, -0.2) is 9.98 Å². The van der Waals surface area contributed by atoms with Gasteiger partial charge in [-0.1, -0.05) is 20.8 Å². The van der Waals surface area contributed by atoms with Gasteiger partial charge in [0.15, 0.2) is 5.96 Å². The first-order valence-corrected chi connectivity index (χ1v) is 10.0. The largest absolute Gasteiger partial charge is 0.357 e. The summed E-state index contributed by atoms with van der Waals surface area (Å²) in [5.74, 6) is 2.20.